The van der Waals surface area contributed by atoms with Gasteiger partial charge in [-0.1, -0.05) is 55.5 Å². The summed E-state index contributed by atoms with van der Waals surface area (Å²) in [5.41, 5.74) is 4.67. The third kappa shape index (κ3) is 3.90. The van der Waals surface area contributed by atoms with Gasteiger partial charge in [-0.05, 0) is 48.6 Å². The number of thiazole rings is 1. The molecule has 1 heterocycles. The monoisotopic (exact) mass is 352 g/mol. The van der Waals surface area contributed by atoms with Gasteiger partial charge in [0, 0.05) is 6.54 Å². The summed E-state index contributed by atoms with van der Waals surface area (Å²) in [4.78, 5) is 17.6. The van der Waals surface area contributed by atoms with Crippen molar-refractivity contribution < 1.29 is 4.79 Å². The lowest BCUT2D eigenvalue weighted by Gasteiger charge is -2.05. The highest BCUT2D eigenvalue weighted by Gasteiger charge is 2.08. The molecule has 0 aliphatic rings. The largest absolute Gasteiger partial charge is 0.317 e. The van der Waals surface area contributed by atoms with Crippen LogP contribution in [-0.2, 0) is 17.8 Å². The highest BCUT2D eigenvalue weighted by molar-refractivity contribution is 7.16. The maximum atomic E-state index is 12.4. The SMILES string of the molecule is CCn1c(=NC(=O)Cc2ccc(C(C)C)cc2)sc2cc(C)ccc21. The number of aryl methyl sites for hydroxylation is 2. The highest BCUT2D eigenvalue weighted by atomic mass is 32.1. The molecule has 0 saturated heterocycles. The van der Waals surface area contributed by atoms with Crippen LogP contribution in [0.15, 0.2) is 47.5 Å². The van der Waals surface area contributed by atoms with Crippen LogP contribution in [0.4, 0.5) is 0 Å². The lowest BCUT2D eigenvalue weighted by Crippen LogP contribution is -2.16. The van der Waals surface area contributed by atoms with Gasteiger partial charge in [0.15, 0.2) is 4.80 Å². The molecule has 0 fully saturated rings. The minimum atomic E-state index is -0.0947. The Morgan fingerprint density at radius 1 is 1.16 bits per heavy atom. The summed E-state index contributed by atoms with van der Waals surface area (Å²) < 4.78 is 3.29. The maximum Gasteiger partial charge on any atom is 0.252 e. The number of hydrogen-bond donors (Lipinski definition) is 0. The zero-order valence-electron chi connectivity index (χ0n) is 15.2. The van der Waals surface area contributed by atoms with E-state index in [-0.39, 0.29) is 5.91 Å². The molecule has 4 heteroatoms. The summed E-state index contributed by atoms with van der Waals surface area (Å²) >= 11 is 1.58. The number of rotatable bonds is 4. The summed E-state index contributed by atoms with van der Waals surface area (Å²) in [5.74, 6) is 0.405. The predicted octanol–water partition coefficient (Wildman–Crippen LogP) is 4.82. The number of aromatic nitrogens is 1. The summed E-state index contributed by atoms with van der Waals surface area (Å²) in [6.45, 7) is 9.31. The molecule has 0 unspecified atom stereocenters. The van der Waals surface area contributed by atoms with E-state index in [4.69, 9.17) is 0 Å². The predicted molar refractivity (Wildman–Crippen MR) is 105 cm³/mol. The molecule has 130 valence electrons. The number of nitrogens with zero attached hydrogens (tertiary/aromatic N) is 2. The first-order chi connectivity index (χ1) is 12.0. The number of benzene rings is 2. The Morgan fingerprint density at radius 2 is 1.88 bits per heavy atom. The van der Waals surface area contributed by atoms with Crippen molar-refractivity contribution in [1.29, 1.82) is 0 Å². The number of hydrogen-bond acceptors (Lipinski definition) is 2. The standard InChI is InChI=1S/C21H24N2OS/c1-5-23-18-11-6-15(4)12-19(18)25-21(23)22-20(24)13-16-7-9-17(10-8-16)14(2)3/h6-12,14H,5,13H2,1-4H3. The van der Waals surface area contributed by atoms with Gasteiger partial charge in [0.2, 0.25) is 0 Å². The minimum absolute atomic E-state index is 0.0947. The summed E-state index contributed by atoms with van der Waals surface area (Å²) in [5, 5.41) is 0. The smallest absolute Gasteiger partial charge is 0.252 e. The molecule has 1 aromatic heterocycles. The van der Waals surface area contributed by atoms with E-state index in [1.165, 1.54) is 15.8 Å². The molecule has 0 bridgehead atoms. The Bertz CT molecular complexity index is 962. The first-order valence-electron chi connectivity index (χ1n) is 8.74. The fraction of sp³-hybridized carbons (Fsp3) is 0.333. The Hall–Kier alpha value is -2.20. The van der Waals surface area contributed by atoms with Crippen molar-refractivity contribution in [3.05, 3.63) is 64.0 Å². The molecule has 3 aromatic rings. The van der Waals surface area contributed by atoms with Crippen LogP contribution in [0, 0.1) is 6.92 Å². The van der Waals surface area contributed by atoms with Crippen LogP contribution < -0.4 is 4.80 Å². The molecule has 0 radical (unpaired) electrons. The molecule has 0 atom stereocenters. The number of carbonyl (C=O) groups is 1. The van der Waals surface area contributed by atoms with Crippen LogP contribution in [0.2, 0.25) is 0 Å². The molecule has 25 heavy (non-hydrogen) atoms. The van der Waals surface area contributed by atoms with Crippen molar-refractivity contribution >= 4 is 27.5 Å². The number of fused-ring (bicyclic) bond motifs is 1. The van der Waals surface area contributed by atoms with E-state index in [9.17, 15) is 4.79 Å². The van der Waals surface area contributed by atoms with E-state index in [1.54, 1.807) is 11.3 Å². The van der Waals surface area contributed by atoms with Crippen LogP contribution in [0.25, 0.3) is 10.2 Å². The van der Waals surface area contributed by atoms with Crippen LogP contribution >= 0.6 is 11.3 Å². The van der Waals surface area contributed by atoms with E-state index in [2.05, 4.69) is 67.6 Å². The Morgan fingerprint density at radius 3 is 2.52 bits per heavy atom. The summed E-state index contributed by atoms with van der Waals surface area (Å²) in [6, 6.07) is 14.6. The molecular weight excluding hydrogens is 328 g/mol. The average molecular weight is 353 g/mol. The molecule has 0 N–H and O–H groups in total. The van der Waals surface area contributed by atoms with Crippen LogP contribution in [-0.4, -0.2) is 10.5 Å². The lowest BCUT2D eigenvalue weighted by atomic mass is 10.0. The van der Waals surface area contributed by atoms with E-state index < -0.39 is 0 Å². The number of carbonyl (C=O) groups excluding carboxylic acids is 1. The normalized spacial score (nSPS) is 12.3. The molecular formula is C21H24N2OS. The van der Waals surface area contributed by atoms with Gasteiger partial charge in [0.1, 0.15) is 0 Å². The molecule has 0 spiro atoms. The third-order valence-electron chi connectivity index (χ3n) is 4.38. The molecule has 2 aromatic carbocycles. The van der Waals surface area contributed by atoms with Crippen molar-refractivity contribution in [3.63, 3.8) is 0 Å². The van der Waals surface area contributed by atoms with Gasteiger partial charge in [-0.3, -0.25) is 4.79 Å². The van der Waals surface area contributed by atoms with E-state index in [1.807, 2.05) is 12.1 Å². The molecule has 3 nitrogen and oxygen atoms in total. The quantitative estimate of drug-likeness (QED) is 0.662. The van der Waals surface area contributed by atoms with Crippen LogP contribution in [0.5, 0.6) is 0 Å². The molecule has 1 amide bonds. The van der Waals surface area contributed by atoms with E-state index in [0.29, 0.717) is 12.3 Å². The summed E-state index contributed by atoms with van der Waals surface area (Å²) in [6.07, 6.45) is 0.343. The Balaban J connectivity index is 1.89. The second-order valence-corrected chi connectivity index (χ2v) is 7.69. The van der Waals surface area contributed by atoms with E-state index >= 15 is 0 Å². The maximum absolute atomic E-state index is 12.4. The van der Waals surface area contributed by atoms with Gasteiger partial charge in [0.25, 0.3) is 5.91 Å². The third-order valence-corrected chi connectivity index (χ3v) is 5.42. The zero-order chi connectivity index (χ0) is 18.0. The first-order valence-corrected chi connectivity index (χ1v) is 9.56. The fourth-order valence-corrected chi connectivity index (χ4v) is 4.12. The first kappa shape index (κ1) is 17.6. The van der Waals surface area contributed by atoms with Crippen LogP contribution in [0.1, 0.15) is 43.4 Å². The van der Waals surface area contributed by atoms with Crippen molar-refractivity contribution in [2.75, 3.05) is 0 Å². The van der Waals surface area contributed by atoms with Gasteiger partial charge < -0.3 is 4.57 Å². The van der Waals surface area contributed by atoms with Gasteiger partial charge in [-0.15, -0.1) is 0 Å². The second-order valence-electron chi connectivity index (χ2n) is 6.68. The molecule has 0 saturated carbocycles. The van der Waals surface area contributed by atoms with Gasteiger partial charge in [-0.25, -0.2) is 0 Å². The topological polar surface area (TPSA) is 34.4 Å². The van der Waals surface area contributed by atoms with Crippen molar-refractivity contribution in [2.45, 2.75) is 46.6 Å². The minimum Gasteiger partial charge on any atom is -0.317 e. The van der Waals surface area contributed by atoms with Crippen molar-refractivity contribution in [3.8, 4) is 0 Å². The lowest BCUT2D eigenvalue weighted by molar-refractivity contribution is -0.117. The molecule has 0 aliphatic carbocycles. The molecule has 3 rings (SSSR count). The van der Waals surface area contributed by atoms with Gasteiger partial charge in [0.05, 0.1) is 16.6 Å². The van der Waals surface area contributed by atoms with Crippen molar-refractivity contribution in [1.82, 2.24) is 4.57 Å². The van der Waals surface area contributed by atoms with Gasteiger partial charge >= 0.3 is 0 Å². The highest BCUT2D eigenvalue weighted by Crippen LogP contribution is 2.19. The molecule has 0 aliphatic heterocycles. The van der Waals surface area contributed by atoms with E-state index in [0.717, 1.165) is 22.4 Å². The zero-order valence-corrected chi connectivity index (χ0v) is 16.1. The average Bonchev–Trinajstić information content (AvgIpc) is 2.90. The Kier molecular flexibility index (Phi) is 5.19. The Labute approximate surface area is 152 Å². The van der Waals surface area contributed by atoms with Crippen molar-refractivity contribution in [2.24, 2.45) is 4.99 Å². The second kappa shape index (κ2) is 7.36. The summed E-state index contributed by atoms with van der Waals surface area (Å²) in [7, 11) is 0. The number of amides is 1. The van der Waals surface area contributed by atoms with Crippen LogP contribution in [0.3, 0.4) is 0 Å². The fourth-order valence-electron chi connectivity index (χ4n) is 2.91. The van der Waals surface area contributed by atoms with Gasteiger partial charge in [-0.2, -0.15) is 4.99 Å².